The lowest BCUT2D eigenvalue weighted by atomic mass is 10.0. The molecule has 2 unspecified atom stereocenters. The summed E-state index contributed by atoms with van der Waals surface area (Å²) in [4.78, 5) is 15.3. The minimum Gasteiger partial charge on any atom is -0.548 e. The zero-order valence-electron chi connectivity index (χ0n) is 13.4. The summed E-state index contributed by atoms with van der Waals surface area (Å²) in [6.45, 7) is 0. The number of nitrogens with zero attached hydrogens (tertiary/aromatic N) is 1. The van der Waals surface area contributed by atoms with Gasteiger partial charge < -0.3 is 20.7 Å². The van der Waals surface area contributed by atoms with Crippen LogP contribution in [0.2, 0.25) is 0 Å². The first kappa shape index (κ1) is 18.6. The maximum Gasteiger partial charge on any atom is 0.175 e. The number of aliphatic carboxylic acids is 1. The van der Waals surface area contributed by atoms with Gasteiger partial charge in [0.15, 0.2) is 9.84 Å². The molecule has 0 aliphatic heterocycles. The molecule has 2 rings (SSSR count). The first-order valence-electron chi connectivity index (χ1n) is 7.26. The van der Waals surface area contributed by atoms with E-state index in [-0.39, 0.29) is 4.90 Å². The molecule has 25 heavy (non-hydrogen) atoms. The number of benzene rings is 2. The SMILES string of the molecule is CS(=O)(=O)c1ccc(C=NC(C(=O)[O-])C(O)c2ccc(N)cc2)cc1. The van der Waals surface area contributed by atoms with Gasteiger partial charge in [-0.25, -0.2) is 8.42 Å². The van der Waals surface area contributed by atoms with Crippen molar-refractivity contribution in [3.05, 3.63) is 59.7 Å². The Morgan fingerprint density at radius 1 is 1.16 bits per heavy atom. The predicted octanol–water partition coefficient (Wildman–Crippen LogP) is -0.0567. The van der Waals surface area contributed by atoms with Crippen LogP contribution in [-0.4, -0.2) is 38.0 Å². The van der Waals surface area contributed by atoms with Crippen LogP contribution in [0.15, 0.2) is 58.4 Å². The fourth-order valence-corrected chi connectivity index (χ4v) is 2.74. The van der Waals surface area contributed by atoms with Crippen LogP contribution in [0.25, 0.3) is 0 Å². The first-order chi connectivity index (χ1) is 11.7. The van der Waals surface area contributed by atoms with Crippen molar-refractivity contribution >= 4 is 27.7 Å². The summed E-state index contributed by atoms with van der Waals surface area (Å²) in [6.07, 6.45) is 0.926. The molecule has 0 saturated heterocycles. The second-order valence-corrected chi connectivity index (χ2v) is 7.51. The highest BCUT2D eigenvalue weighted by molar-refractivity contribution is 7.90. The normalized spacial score (nSPS) is 14.3. The molecule has 3 N–H and O–H groups in total. The van der Waals surface area contributed by atoms with Crippen LogP contribution in [0.5, 0.6) is 0 Å². The van der Waals surface area contributed by atoms with Gasteiger partial charge in [0.25, 0.3) is 0 Å². The number of aliphatic imine (C=N–C) groups is 1. The summed E-state index contributed by atoms with van der Waals surface area (Å²) in [5, 5.41) is 21.5. The van der Waals surface area contributed by atoms with Crippen molar-refractivity contribution in [2.75, 3.05) is 12.0 Å². The fraction of sp³-hybridized carbons (Fsp3) is 0.176. The number of carboxylic acids is 1. The van der Waals surface area contributed by atoms with Crippen LogP contribution in [0, 0.1) is 0 Å². The molecule has 132 valence electrons. The monoisotopic (exact) mass is 361 g/mol. The van der Waals surface area contributed by atoms with Crippen molar-refractivity contribution in [1.29, 1.82) is 0 Å². The predicted molar refractivity (Wildman–Crippen MR) is 91.8 cm³/mol. The average Bonchev–Trinajstić information content (AvgIpc) is 2.55. The van der Waals surface area contributed by atoms with Crippen LogP contribution >= 0.6 is 0 Å². The molecule has 0 heterocycles. The lowest BCUT2D eigenvalue weighted by Crippen LogP contribution is -2.38. The smallest absolute Gasteiger partial charge is 0.175 e. The van der Waals surface area contributed by atoms with Gasteiger partial charge in [0.05, 0.1) is 10.9 Å². The summed E-state index contributed by atoms with van der Waals surface area (Å²) in [5.74, 6) is -1.53. The van der Waals surface area contributed by atoms with Crippen LogP contribution < -0.4 is 10.8 Å². The Kier molecular flexibility index (Phi) is 5.55. The highest BCUT2D eigenvalue weighted by Crippen LogP contribution is 2.20. The van der Waals surface area contributed by atoms with Crippen molar-refractivity contribution in [2.45, 2.75) is 17.0 Å². The summed E-state index contributed by atoms with van der Waals surface area (Å²) in [7, 11) is -3.32. The van der Waals surface area contributed by atoms with Gasteiger partial charge in [-0.3, -0.25) is 4.99 Å². The Balaban J connectivity index is 2.22. The quantitative estimate of drug-likeness (QED) is 0.547. The minimum absolute atomic E-state index is 0.142. The summed E-state index contributed by atoms with van der Waals surface area (Å²) < 4.78 is 22.8. The number of rotatable bonds is 6. The molecule has 0 radical (unpaired) electrons. The standard InChI is InChI=1S/C17H18N2O5S/c1-25(23,24)14-8-2-11(3-9-14)10-19-15(17(21)22)16(20)12-4-6-13(18)7-5-12/h2-10,15-16,20H,18H2,1H3,(H,21,22)/p-1. The van der Waals surface area contributed by atoms with Gasteiger partial charge >= 0.3 is 0 Å². The van der Waals surface area contributed by atoms with Crippen molar-refractivity contribution < 1.29 is 23.4 Å². The largest absolute Gasteiger partial charge is 0.548 e. The fourth-order valence-electron chi connectivity index (χ4n) is 2.11. The summed E-state index contributed by atoms with van der Waals surface area (Å²) in [5.41, 5.74) is 6.87. The molecule has 7 nitrogen and oxygen atoms in total. The first-order valence-corrected chi connectivity index (χ1v) is 9.15. The molecule has 0 bridgehead atoms. The van der Waals surface area contributed by atoms with E-state index >= 15 is 0 Å². The highest BCUT2D eigenvalue weighted by Gasteiger charge is 2.21. The highest BCUT2D eigenvalue weighted by atomic mass is 32.2. The van der Waals surface area contributed by atoms with Crippen molar-refractivity contribution in [3.63, 3.8) is 0 Å². The van der Waals surface area contributed by atoms with Gasteiger partial charge in [-0.05, 0) is 35.4 Å². The van der Waals surface area contributed by atoms with Crippen molar-refractivity contribution in [2.24, 2.45) is 4.99 Å². The maximum atomic E-state index is 11.4. The third-order valence-electron chi connectivity index (χ3n) is 3.51. The van der Waals surface area contributed by atoms with E-state index in [4.69, 9.17) is 5.73 Å². The van der Waals surface area contributed by atoms with Gasteiger partial charge in [0.1, 0.15) is 12.1 Å². The molecule has 0 aliphatic carbocycles. The molecular weight excluding hydrogens is 344 g/mol. The van der Waals surface area contributed by atoms with Crippen molar-refractivity contribution in [3.8, 4) is 0 Å². The number of nitrogen functional groups attached to an aromatic ring is 1. The second-order valence-electron chi connectivity index (χ2n) is 5.49. The third kappa shape index (κ3) is 4.88. The van der Waals surface area contributed by atoms with E-state index in [0.717, 1.165) is 6.26 Å². The number of carbonyl (C=O) groups excluding carboxylic acids is 1. The number of aliphatic hydroxyl groups is 1. The Labute approximate surface area is 145 Å². The Morgan fingerprint density at radius 2 is 1.72 bits per heavy atom. The van der Waals surface area contributed by atoms with Gasteiger partial charge in [-0.1, -0.05) is 24.3 Å². The van der Waals surface area contributed by atoms with Gasteiger partial charge in [0, 0.05) is 18.2 Å². The number of hydrogen-bond donors (Lipinski definition) is 2. The lowest BCUT2D eigenvalue weighted by Gasteiger charge is -2.20. The summed E-state index contributed by atoms with van der Waals surface area (Å²) in [6, 6.07) is 10.3. The van der Waals surface area contributed by atoms with Crippen LogP contribution in [0.3, 0.4) is 0 Å². The van der Waals surface area contributed by atoms with E-state index < -0.39 is 28.0 Å². The molecule has 0 spiro atoms. The summed E-state index contributed by atoms with van der Waals surface area (Å²) >= 11 is 0. The van der Waals surface area contributed by atoms with E-state index in [9.17, 15) is 23.4 Å². The number of carbonyl (C=O) groups is 1. The lowest BCUT2D eigenvalue weighted by molar-refractivity contribution is -0.309. The van der Waals surface area contributed by atoms with Crippen LogP contribution in [0.1, 0.15) is 17.2 Å². The molecule has 2 atom stereocenters. The van der Waals surface area contributed by atoms with E-state index in [1.54, 1.807) is 12.1 Å². The van der Waals surface area contributed by atoms with Crippen LogP contribution in [0.4, 0.5) is 5.69 Å². The zero-order chi connectivity index (χ0) is 18.6. The molecule has 0 aliphatic rings. The topological polar surface area (TPSA) is 133 Å². The van der Waals surface area contributed by atoms with E-state index in [1.807, 2.05) is 0 Å². The number of anilines is 1. The molecular formula is C17H17N2O5S-. The Hall–Kier alpha value is -2.71. The minimum atomic E-state index is -3.32. The van der Waals surface area contributed by atoms with Crippen LogP contribution in [-0.2, 0) is 14.6 Å². The second kappa shape index (κ2) is 7.45. The number of hydrogen-bond acceptors (Lipinski definition) is 7. The number of sulfone groups is 1. The van der Waals surface area contributed by atoms with E-state index in [0.29, 0.717) is 16.8 Å². The molecule has 0 amide bonds. The Morgan fingerprint density at radius 3 is 2.20 bits per heavy atom. The molecule has 0 saturated carbocycles. The molecule has 2 aromatic rings. The number of carboxylic acid groups (broad SMARTS) is 1. The molecule has 8 heteroatoms. The molecule has 2 aromatic carbocycles. The van der Waals surface area contributed by atoms with Gasteiger partial charge in [0.2, 0.25) is 0 Å². The van der Waals surface area contributed by atoms with Gasteiger partial charge in [-0.15, -0.1) is 0 Å². The number of aliphatic hydroxyl groups excluding tert-OH is 1. The zero-order valence-corrected chi connectivity index (χ0v) is 14.2. The molecule has 0 fully saturated rings. The maximum absolute atomic E-state index is 11.4. The van der Waals surface area contributed by atoms with Crippen molar-refractivity contribution in [1.82, 2.24) is 0 Å². The van der Waals surface area contributed by atoms with E-state index in [1.165, 1.54) is 42.6 Å². The molecule has 0 aromatic heterocycles. The van der Waals surface area contributed by atoms with E-state index in [2.05, 4.69) is 4.99 Å². The Bertz CT molecular complexity index is 874. The number of nitrogens with two attached hydrogens (primary N) is 1. The van der Waals surface area contributed by atoms with Gasteiger partial charge in [-0.2, -0.15) is 0 Å². The average molecular weight is 361 g/mol. The third-order valence-corrected chi connectivity index (χ3v) is 4.64.